The largest absolute Gasteiger partial charge is 0.448 e. The Labute approximate surface area is 178 Å². The number of rotatable bonds is 5. The first-order valence-corrected chi connectivity index (χ1v) is 10.2. The molecule has 0 spiro atoms. The van der Waals surface area contributed by atoms with E-state index in [0.29, 0.717) is 16.8 Å². The average molecular weight is 418 g/mol. The van der Waals surface area contributed by atoms with Gasteiger partial charge in [0.15, 0.2) is 0 Å². The molecule has 1 aliphatic rings. The van der Waals surface area contributed by atoms with Crippen molar-refractivity contribution in [2.45, 2.75) is 13.1 Å². The number of hydrogen-bond donors (Lipinski definition) is 1. The molecule has 1 fully saturated rings. The van der Waals surface area contributed by atoms with Crippen LogP contribution in [0.4, 0.5) is 5.69 Å². The van der Waals surface area contributed by atoms with Gasteiger partial charge in [-0.15, -0.1) is 0 Å². The highest BCUT2D eigenvalue weighted by Crippen LogP contribution is 2.24. The highest BCUT2D eigenvalue weighted by Gasteiger charge is 2.15. The van der Waals surface area contributed by atoms with Gasteiger partial charge in [-0.25, -0.2) is 4.98 Å². The number of furan rings is 1. The number of aromatic nitrogens is 2. The molecular formula is C23H22N4O4. The first kappa shape index (κ1) is 19.5. The van der Waals surface area contributed by atoms with Crippen molar-refractivity contribution in [1.29, 1.82) is 0 Å². The van der Waals surface area contributed by atoms with Gasteiger partial charge in [-0.05, 0) is 29.8 Å². The summed E-state index contributed by atoms with van der Waals surface area (Å²) in [6, 6.07) is 15.1. The van der Waals surface area contributed by atoms with Crippen LogP contribution in [-0.4, -0.2) is 46.7 Å². The van der Waals surface area contributed by atoms with Crippen LogP contribution in [0.15, 0.2) is 64.1 Å². The minimum absolute atomic E-state index is 0.144. The molecule has 8 heteroatoms. The number of ether oxygens (including phenoxy) is 1. The molecular weight excluding hydrogens is 396 g/mol. The molecule has 3 heterocycles. The lowest BCUT2D eigenvalue weighted by Gasteiger charge is -2.26. The summed E-state index contributed by atoms with van der Waals surface area (Å²) in [5, 5.41) is 3.61. The van der Waals surface area contributed by atoms with Gasteiger partial charge in [0.1, 0.15) is 17.6 Å². The van der Waals surface area contributed by atoms with Crippen molar-refractivity contribution in [2.24, 2.45) is 0 Å². The Morgan fingerprint density at radius 3 is 2.65 bits per heavy atom. The third-order valence-electron chi connectivity index (χ3n) is 5.41. The molecule has 31 heavy (non-hydrogen) atoms. The van der Waals surface area contributed by atoms with Crippen LogP contribution in [0.25, 0.3) is 22.1 Å². The first-order valence-electron chi connectivity index (χ1n) is 10.2. The smallest absolute Gasteiger partial charge is 0.297 e. The molecule has 0 atom stereocenters. The van der Waals surface area contributed by atoms with Crippen LogP contribution in [0, 0.1) is 0 Å². The summed E-state index contributed by atoms with van der Waals surface area (Å²) >= 11 is 0. The lowest BCUT2D eigenvalue weighted by atomic mass is 10.2. The Bertz CT molecular complexity index is 1290. The molecule has 0 bridgehead atoms. The lowest BCUT2D eigenvalue weighted by molar-refractivity contribution is -0.116. The number of nitrogens with one attached hydrogen (secondary N) is 1. The number of anilines is 1. The Morgan fingerprint density at radius 2 is 1.84 bits per heavy atom. The molecule has 158 valence electrons. The molecule has 0 aliphatic carbocycles. The van der Waals surface area contributed by atoms with Gasteiger partial charge in [0.2, 0.25) is 11.5 Å². The zero-order valence-corrected chi connectivity index (χ0v) is 16.9. The van der Waals surface area contributed by atoms with E-state index in [-0.39, 0.29) is 23.6 Å². The highest BCUT2D eigenvalue weighted by molar-refractivity contribution is 6.01. The number of hydrogen-bond acceptors (Lipinski definition) is 6. The average Bonchev–Trinajstić information content (AvgIpc) is 3.17. The molecule has 1 saturated heterocycles. The molecule has 2 aromatic heterocycles. The van der Waals surface area contributed by atoms with Crippen LogP contribution in [0.3, 0.4) is 0 Å². The van der Waals surface area contributed by atoms with Gasteiger partial charge in [0.05, 0.1) is 19.5 Å². The summed E-state index contributed by atoms with van der Waals surface area (Å²) in [5.74, 6) is -0.305. The van der Waals surface area contributed by atoms with Gasteiger partial charge >= 0.3 is 0 Å². The Balaban J connectivity index is 1.27. The molecule has 4 aromatic rings. The van der Waals surface area contributed by atoms with Crippen molar-refractivity contribution < 1.29 is 13.9 Å². The maximum absolute atomic E-state index is 12.8. The van der Waals surface area contributed by atoms with Crippen LogP contribution < -0.4 is 10.9 Å². The van der Waals surface area contributed by atoms with E-state index in [1.165, 1.54) is 16.5 Å². The Hall–Kier alpha value is -3.49. The molecule has 0 unspecified atom stereocenters. The molecule has 1 aliphatic heterocycles. The molecule has 0 saturated carbocycles. The van der Waals surface area contributed by atoms with Crippen LogP contribution in [-0.2, 0) is 22.6 Å². The van der Waals surface area contributed by atoms with Crippen molar-refractivity contribution in [3.8, 4) is 0 Å². The summed E-state index contributed by atoms with van der Waals surface area (Å²) in [6.45, 7) is 4.10. The van der Waals surface area contributed by atoms with E-state index >= 15 is 0 Å². The number of carbonyl (C=O) groups is 1. The van der Waals surface area contributed by atoms with Gasteiger partial charge in [-0.1, -0.05) is 24.3 Å². The summed E-state index contributed by atoms with van der Waals surface area (Å²) in [4.78, 5) is 31.9. The second-order valence-electron chi connectivity index (χ2n) is 7.59. The van der Waals surface area contributed by atoms with Crippen LogP contribution in [0.5, 0.6) is 0 Å². The molecule has 8 nitrogen and oxygen atoms in total. The van der Waals surface area contributed by atoms with Gasteiger partial charge in [-0.2, -0.15) is 0 Å². The molecule has 5 rings (SSSR count). The topological polar surface area (TPSA) is 89.6 Å². The second-order valence-corrected chi connectivity index (χ2v) is 7.59. The van der Waals surface area contributed by atoms with E-state index in [9.17, 15) is 9.59 Å². The second kappa shape index (κ2) is 8.33. The van der Waals surface area contributed by atoms with Crippen molar-refractivity contribution in [2.75, 3.05) is 31.6 Å². The zero-order valence-electron chi connectivity index (χ0n) is 16.9. The molecule has 2 aromatic carbocycles. The van der Waals surface area contributed by atoms with E-state index in [1.807, 2.05) is 42.5 Å². The summed E-state index contributed by atoms with van der Waals surface area (Å²) in [6.07, 6.45) is 1.39. The summed E-state index contributed by atoms with van der Waals surface area (Å²) in [5.41, 5.74) is 2.74. The van der Waals surface area contributed by atoms with Gasteiger partial charge in [0.25, 0.3) is 5.56 Å². The predicted molar refractivity (Wildman–Crippen MR) is 117 cm³/mol. The van der Waals surface area contributed by atoms with Gasteiger partial charge < -0.3 is 14.5 Å². The Morgan fingerprint density at radius 1 is 1.06 bits per heavy atom. The SMILES string of the molecule is O=C(Cn1cnc2c(oc3ccccc32)c1=O)Nc1ccc(CN2CCOCC2)cc1. The Kier molecular flexibility index (Phi) is 5.23. The minimum atomic E-state index is -0.378. The van der Waals surface area contributed by atoms with E-state index < -0.39 is 0 Å². The number of morpholine rings is 1. The summed E-state index contributed by atoms with van der Waals surface area (Å²) in [7, 11) is 0. The zero-order chi connectivity index (χ0) is 21.2. The molecule has 1 amide bonds. The number of para-hydroxylation sites is 1. The van der Waals surface area contributed by atoms with Gasteiger partial charge in [-0.3, -0.25) is 19.1 Å². The van der Waals surface area contributed by atoms with E-state index in [4.69, 9.17) is 9.15 Å². The van der Waals surface area contributed by atoms with Crippen LogP contribution >= 0.6 is 0 Å². The monoisotopic (exact) mass is 418 g/mol. The van der Waals surface area contributed by atoms with E-state index in [2.05, 4.69) is 15.2 Å². The number of nitrogens with zero attached hydrogens (tertiary/aromatic N) is 3. The molecule has 1 N–H and O–H groups in total. The van der Waals surface area contributed by atoms with E-state index in [1.54, 1.807) is 6.07 Å². The number of benzene rings is 2. The van der Waals surface area contributed by atoms with E-state index in [0.717, 1.165) is 38.2 Å². The van der Waals surface area contributed by atoms with Crippen molar-refractivity contribution in [1.82, 2.24) is 14.5 Å². The molecule has 0 radical (unpaired) electrons. The quantitative estimate of drug-likeness (QED) is 0.536. The van der Waals surface area contributed by atoms with Crippen molar-refractivity contribution in [3.05, 3.63) is 70.8 Å². The summed E-state index contributed by atoms with van der Waals surface area (Å²) < 4.78 is 12.3. The van der Waals surface area contributed by atoms with Crippen LogP contribution in [0.1, 0.15) is 5.56 Å². The predicted octanol–water partition coefficient (Wildman–Crippen LogP) is 2.61. The van der Waals surface area contributed by atoms with Crippen molar-refractivity contribution in [3.63, 3.8) is 0 Å². The fourth-order valence-electron chi connectivity index (χ4n) is 3.79. The lowest BCUT2D eigenvalue weighted by Crippen LogP contribution is -2.35. The third-order valence-corrected chi connectivity index (χ3v) is 5.41. The minimum Gasteiger partial charge on any atom is -0.448 e. The maximum Gasteiger partial charge on any atom is 0.297 e. The standard InChI is InChI=1S/C23H22N4O4/c28-20(25-17-7-5-16(6-8-17)13-26-9-11-30-12-10-26)14-27-15-24-21-18-3-1-2-4-19(18)31-22(21)23(27)29/h1-8,15H,9-14H2,(H,25,28). The maximum atomic E-state index is 12.8. The number of carbonyl (C=O) groups excluding carboxylic acids is 1. The number of fused-ring (bicyclic) bond motifs is 3. The fraction of sp³-hybridized carbons (Fsp3) is 0.261. The van der Waals surface area contributed by atoms with Gasteiger partial charge in [0, 0.05) is 30.7 Å². The van der Waals surface area contributed by atoms with Crippen LogP contribution in [0.2, 0.25) is 0 Å². The normalized spacial score (nSPS) is 14.8. The third kappa shape index (κ3) is 4.08. The van der Waals surface area contributed by atoms with Crippen molar-refractivity contribution >= 4 is 33.7 Å². The highest BCUT2D eigenvalue weighted by atomic mass is 16.5. The first-order chi connectivity index (χ1) is 15.2. The fourth-order valence-corrected chi connectivity index (χ4v) is 3.79. The number of amides is 1.